The average molecular weight is 658 g/mol. The topological polar surface area (TPSA) is 51.8 Å². The van der Waals surface area contributed by atoms with E-state index in [0.717, 1.165) is 60.7 Å². The van der Waals surface area contributed by atoms with Crippen LogP contribution in [0.1, 0.15) is 0 Å². The van der Waals surface area contributed by atoms with Crippen molar-refractivity contribution in [2.75, 3.05) is 0 Å². The van der Waals surface area contributed by atoms with Gasteiger partial charge >= 0.3 is 0 Å². The van der Waals surface area contributed by atoms with E-state index in [0.29, 0.717) is 17.5 Å². The molecule has 0 atom stereocenters. The Bertz CT molecular complexity index is 2890. The van der Waals surface area contributed by atoms with E-state index in [9.17, 15) is 0 Å². The van der Waals surface area contributed by atoms with Crippen LogP contribution in [-0.2, 0) is 0 Å². The van der Waals surface area contributed by atoms with Crippen molar-refractivity contribution in [1.29, 1.82) is 0 Å². The molecule has 0 fully saturated rings. The van der Waals surface area contributed by atoms with Gasteiger partial charge < -0.3 is 4.42 Å². The lowest BCUT2D eigenvalue weighted by molar-refractivity contribution is 0.669. The van der Waals surface area contributed by atoms with E-state index in [2.05, 4.69) is 133 Å². The summed E-state index contributed by atoms with van der Waals surface area (Å²) in [7, 11) is 0. The quantitative estimate of drug-likeness (QED) is 0.185. The maximum absolute atomic E-state index is 6.49. The second kappa shape index (κ2) is 11.6. The predicted octanol–water partition coefficient (Wildman–Crippen LogP) is 12.5. The molecule has 7 aromatic carbocycles. The normalized spacial score (nSPS) is 11.6. The van der Waals surface area contributed by atoms with Gasteiger partial charge in [-0.1, -0.05) is 133 Å². The Hall–Kier alpha value is -6.43. The lowest BCUT2D eigenvalue weighted by Crippen LogP contribution is -2.01. The van der Waals surface area contributed by atoms with Gasteiger partial charge in [-0.25, -0.2) is 15.0 Å². The Morgan fingerprint density at radius 3 is 1.82 bits per heavy atom. The summed E-state index contributed by atoms with van der Waals surface area (Å²) in [4.78, 5) is 15.7. The molecule has 0 spiro atoms. The number of hydrogen-bond donors (Lipinski definition) is 0. The summed E-state index contributed by atoms with van der Waals surface area (Å²) in [6.07, 6.45) is 0. The molecule has 0 aliphatic heterocycles. The first-order valence-corrected chi connectivity index (χ1v) is 17.4. The van der Waals surface area contributed by atoms with Gasteiger partial charge in [0.25, 0.3) is 0 Å². The molecule has 0 aliphatic rings. The van der Waals surface area contributed by atoms with Gasteiger partial charge in [-0.2, -0.15) is 0 Å². The summed E-state index contributed by atoms with van der Waals surface area (Å²) in [6.45, 7) is 0. The molecule has 0 amide bonds. The molecule has 0 radical (unpaired) electrons. The zero-order valence-electron chi connectivity index (χ0n) is 26.7. The third-order valence-corrected chi connectivity index (χ3v) is 10.5. The number of rotatable bonds is 5. The standard InChI is InChI=1S/C45H27N3OS/c1-2-13-28(14-3-1)29-15-10-16-30(27-29)31-17-4-5-19-34(31)43-46-44(36-22-12-26-40-41(36)35-20-7-9-25-39(35)50-40)48-45(47-43)37-23-11-21-33-32-18-6-8-24-38(32)49-42(33)37/h1-27H. The Morgan fingerprint density at radius 1 is 0.380 bits per heavy atom. The Labute approximate surface area is 292 Å². The minimum atomic E-state index is 0.569. The second-order valence-corrected chi connectivity index (χ2v) is 13.4. The highest BCUT2D eigenvalue weighted by atomic mass is 32.1. The van der Waals surface area contributed by atoms with Crippen LogP contribution < -0.4 is 0 Å². The van der Waals surface area contributed by atoms with Crippen molar-refractivity contribution in [2.24, 2.45) is 0 Å². The fraction of sp³-hybridized carbons (Fsp3) is 0. The summed E-state index contributed by atoms with van der Waals surface area (Å²) < 4.78 is 8.93. The summed E-state index contributed by atoms with van der Waals surface area (Å²) in [6, 6.07) is 56.8. The first-order chi connectivity index (χ1) is 24.8. The van der Waals surface area contributed by atoms with E-state index < -0.39 is 0 Å². The molecule has 50 heavy (non-hydrogen) atoms. The number of hydrogen-bond acceptors (Lipinski definition) is 5. The molecule has 3 heterocycles. The van der Waals surface area contributed by atoms with Crippen molar-refractivity contribution in [2.45, 2.75) is 0 Å². The number of furan rings is 1. The molecule has 0 bridgehead atoms. The van der Waals surface area contributed by atoms with Crippen LogP contribution in [0.15, 0.2) is 168 Å². The first-order valence-electron chi connectivity index (χ1n) is 16.6. The van der Waals surface area contributed by atoms with Gasteiger partial charge in [0, 0.05) is 42.1 Å². The number of fused-ring (bicyclic) bond motifs is 6. The SMILES string of the molecule is c1ccc(-c2cccc(-c3ccccc3-c3nc(-c4cccc5c4oc4ccccc45)nc(-c4cccc5sc6ccccc6c45)n3)c2)cc1. The van der Waals surface area contributed by atoms with Crippen LogP contribution in [0.4, 0.5) is 0 Å². The van der Waals surface area contributed by atoms with E-state index in [1.54, 1.807) is 11.3 Å². The van der Waals surface area contributed by atoms with E-state index in [1.165, 1.54) is 20.3 Å². The van der Waals surface area contributed by atoms with Gasteiger partial charge in [-0.05, 0) is 52.6 Å². The van der Waals surface area contributed by atoms with Crippen LogP contribution >= 0.6 is 11.3 Å². The van der Waals surface area contributed by atoms with Gasteiger partial charge in [0.15, 0.2) is 17.5 Å². The maximum atomic E-state index is 6.49. The zero-order chi connectivity index (χ0) is 33.0. The number of para-hydroxylation sites is 2. The molecule has 0 aliphatic carbocycles. The zero-order valence-corrected chi connectivity index (χ0v) is 27.6. The van der Waals surface area contributed by atoms with Crippen molar-refractivity contribution < 1.29 is 4.42 Å². The third kappa shape index (κ3) is 4.71. The Morgan fingerprint density at radius 2 is 0.940 bits per heavy atom. The van der Waals surface area contributed by atoms with Crippen molar-refractivity contribution >= 4 is 53.4 Å². The highest BCUT2D eigenvalue weighted by Crippen LogP contribution is 2.41. The van der Waals surface area contributed by atoms with E-state index in [1.807, 2.05) is 30.3 Å². The molecule has 0 saturated carbocycles. The maximum Gasteiger partial charge on any atom is 0.167 e. The molecular weight excluding hydrogens is 631 g/mol. The summed E-state index contributed by atoms with van der Waals surface area (Å²) >= 11 is 1.79. The number of nitrogens with zero attached hydrogens (tertiary/aromatic N) is 3. The smallest absolute Gasteiger partial charge is 0.167 e. The van der Waals surface area contributed by atoms with Crippen LogP contribution in [0.2, 0.25) is 0 Å². The van der Waals surface area contributed by atoms with Crippen molar-refractivity contribution in [1.82, 2.24) is 15.0 Å². The fourth-order valence-corrected chi connectivity index (χ4v) is 8.18. The molecule has 0 unspecified atom stereocenters. The number of benzene rings is 7. The summed E-state index contributed by atoms with van der Waals surface area (Å²) in [5, 5.41) is 4.45. The summed E-state index contributed by atoms with van der Waals surface area (Å²) in [5.41, 5.74) is 8.81. The van der Waals surface area contributed by atoms with Gasteiger partial charge in [-0.15, -0.1) is 11.3 Å². The number of thiophene rings is 1. The molecular formula is C45H27N3OS. The van der Waals surface area contributed by atoms with Crippen molar-refractivity contribution in [3.8, 4) is 56.4 Å². The van der Waals surface area contributed by atoms with Crippen LogP contribution in [0.5, 0.6) is 0 Å². The number of aromatic nitrogens is 3. The summed E-state index contributed by atoms with van der Waals surface area (Å²) in [5.74, 6) is 1.80. The molecule has 0 saturated heterocycles. The first kappa shape index (κ1) is 28.6. The van der Waals surface area contributed by atoms with E-state index in [4.69, 9.17) is 19.4 Å². The molecule has 234 valence electrons. The van der Waals surface area contributed by atoms with Gasteiger partial charge in [-0.3, -0.25) is 0 Å². The Balaban J connectivity index is 1.24. The van der Waals surface area contributed by atoms with Crippen LogP contribution in [0.25, 0.3) is 98.5 Å². The molecule has 4 nitrogen and oxygen atoms in total. The lowest BCUT2D eigenvalue weighted by atomic mass is 9.95. The van der Waals surface area contributed by atoms with Gasteiger partial charge in [0.05, 0.1) is 5.56 Å². The molecule has 3 aromatic heterocycles. The minimum absolute atomic E-state index is 0.569. The molecule has 0 N–H and O–H groups in total. The van der Waals surface area contributed by atoms with Gasteiger partial charge in [0.2, 0.25) is 0 Å². The van der Waals surface area contributed by atoms with Crippen LogP contribution in [0, 0.1) is 0 Å². The van der Waals surface area contributed by atoms with E-state index in [-0.39, 0.29) is 0 Å². The largest absolute Gasteiger partial charge is 0.455 e. The fourth-order valence-electron chi connectivity index (χ4n) is 7.05. The van der Waals surface area contributed by atoms with Crippen molar-refractivity contribution in [3.63, 3.8) is 0 Å². The molecule has 10 aromatic rings. The predicted molar refractivity (Wildman–Crippen MR) is 207 cm³/mol. The van der Waals surface area contributed by atoms with Crippen molar-refractivity contribution in [3.05, 3.63) is 164 Å². The Kier molecular flexibility index (Phi) is 6.64. The van der Waals surface area contributed by atoms with E-state index >= 15 is 0 Å². The minimum Gasteiger partial charge on any atom is -0.455 e. The monoisotopic (exact) mass is 657 g/mol. The molecule has 10 rings (SSSR count). The van der Waals surface area contributed by atoms with Gasteiger partial charge in [0.1, 0.15) is 11.2 Å². The third-order valence-electron chi connectivity index (χ3n) is 9.37. The average Bonchev–Trinajstić information content (AvgIpc) is 3.77. The molecule has 5 heteroatoms. The highest BCUT2D eigenvalue weighted by molar-refractivity contribution is 7.25. The van der Waals surface area contributed by atoms with Crippen LogP contribution in [0.3, 0.4) is 0 Å². The van der Waals surface area contributed by atoms with Crippen LogP contribution in [-0.4, -0.2) is 15.0 Å². The lowest BCUT2D eigenvalue weighted by Gasteiger charge is -2.13. The highest BCUT2D eigenvalue weighted by Gasteiger charge is 2.21. The second-order valence-electron chi connectivity index (χ2n) is 12.4.